The summed E-state index contributed by atoms with van der Waals surface area (Å²) in [5.74, 6) is 0.0475. The van der Waals surface area contributed by atoms with Crippen LogP contribution in [0.4, 0.5) is 0 Å². The van der Waals surface area contributed by atoms with Gasteiger partial charge in [0.05, 0.1) is 17.2 Å². The Kier molecular flexibility index (Phi) is 3.47. The predicted octanol–water partition coefficient (Wildman–Crippen LogP) is 2.13. The van der Waals surface area contributed by atoms with Gasteiger partial charge in [0.15, 0.2) is 4.77 Å². The molecule has 0 aromatic carbocycles. The van der Waals surface area contributed by atoms with Gasteiger partial charge in [0.1, 0.15) is 6.04 Å². The molecular formula is C12H16N4OS. The highest BCUT2D eigenvalue weighted by Gasteiger charge is 2.20. The summed E-state index contributed by atoms with van der Waals surface area (Å²) in [7, 11) is 1.79. The number of rotatable bonds is 3. The number of carbonyl (C=O) groups is 1. The molecule has 0 saturated carbocycles. The summed E-state index contributed by atoms with van der Waals surface area (Å²) >= 11 is 5.28. The van der Waals surface area contributed by atoms with E-state index in [1.807, 2.05) is 24.5 Å². The Morgan fingerprint density at radius 3 is 3.06 bits per heavy atom. The lowest BCUT2D eigenvalue weighted by Crippen LogP contribution is -2.32. The molecule has 0 radical (unpaired) electrons. The van der Waals surface area contributed by atoms with Gasteiger partial charge in [-0.25, -0.2) is 0 Å². The lowest BCUT2D eigenvalue weighted by molar-refractivity contribution is -0.132. The minimum Gasteiger partial charge on any atom is -0.344 e. The Hall–Kier alpha value is -1.69. The number of aromatic amines is 1. The predicted molar refractivity (Wildman–Crippen MR) is 72.9 cm³/mol. The Morgan fingerprint density at radius 2 is 2.39 bits per heavy atom. The van der Waals surface area contributed by atoms with Gasteiger partial charge >= 0.3 is 0 Å². The molecule has 0 aliphatic heterocycles. The van der Waals surface area contributed by atoms with E-state index in [0.717, 1.165) is 11.0 Å². The van der Waals surface area contributed by atoms with Crippen molar-refractivity contribution in [2.45, 2.75) is 19.9 Å². The minimum atomic E-state index is -0.321. The zero-order valence-corrected chi connectivity index (χ0v) is 11.5. The van der Waals surface area contributed by atoms with Crippen LogP contribution in [-0.2, 0) is 4.79 Å². The summed E-state index contributed by atoms with van der Waals surface area (Å²) in [5.41, 5.74) is 1.75. The third kappa shape index (κ3) is 2.03. The number of fused-ring (bicyclic) bond motifs is 1. The fourth-order valence-electron chi connectivity index (χ4n) is 1.95. The second-order valence-electron chi connectivity index (χ2n) is 4.22. The molecule has 0 fully saturated rings. The molecule has 1 atom stereocenters. The van der Waals surface area contributed by atoms with Gasteiger partial charge in [-0.05, 0) is 32.1 Å². The van der Waals surface area contributed by atoms with Crippen molar-refractivity contribution >= 4 is 29.2 Å². The van der Waals surface area contributed by atoms with Crippen LogP contribution in [0.1, 0.15) is 19.9 Å². The summed E-state index contributed by atoms with van der Waals surface area (Å²) in [6, 6.07) is 1.54. The first-order chi connectivity index (χ1) is 8.56. The molecule has 1 N–H and O–H groups in total. The van der Waals surface area contributed by atoms with Crippen molar-refractivity contribution in [2.75, 3.05) is 13.6 Å². The largest absolute Gasteiger partial charge is 0.344 e. The molecule has 0 bridgehead atoms. The van der Waals surface area contributed by atoms with Crippen LogP contribution in [0, 0.1) is 4.77 Å². The maximum Gasteiger partial charge on any atom is 0.245 e. The highest BCUT2D eigenvalue weighted by Crippen LogP contribution is 2.19. The molecule has 0 spiro atoms. The van der Waals surface area contributed by atoms with Crippen LogP contribution in [-0.4, -0.2) is 38.9 Å². The number of aromatic nitrogens is 3. The van der Waals surface area contributed by atoms with E-state index in [0.29, 0.717) is 11.3 Å². The second-order valence-corrected chi connectivity index (χ2v) is 4.61. The van der Waals surface area contributed by atoms with Crippen molar-refractivity contribution in [2.24, 2.45) is 0 Å². The van der Waals surface area contributed by atoms with Gasteiger partial charge < -0.3 is 14.5 Å². The van der Waals surface area contributed by atoms with Gasteiger partial charge in [0.2, 0.25) is 5.91 Å². The molecule has 2 rings (SSSR count). The van der Waals surface area contributed by atoms with Crippen molar-refractivity contribution in [3.63, 3.8) is 0 Å². The molecule has 2 aromatic heterocycles. The quantitative estimate of drug-likeness (QED) is 0.864. The van der Waals surface area contributed by atoms with Crippen LogP contribution in [0.2, 0.25) is 0 Å². The molecule has 0 aliphatic rings. The number of carbonyl (C=O) groups excluding carboxylic acids is 1. The smallest absolute Gasteiger partial charge is 0.245 e. The number of amides is 1. The first kappa shape index (κ1) is 12.8. The summed E-state index contributed by atoms with van der Waals surface area (Å²) in [4.78, 5) is 21.0. The first-order valence-corrected chi connectivity index (χ1v) is 6.26. The van der Waals surface area contributed by atoms with E-state index in [1.165, 1.54) is 0 Å². The monoisotopic (exact) mass is 264 g/mol. The number of likely N-dealkylation sites (N-methyl/N-ethyl adjacent to an activating group) is 1. The van der Waals surface area contributed by atoms with Crippen molar-refractivity contribution in [1.29, 1.82) is 0 Å². The number of pyridine rings is 1. The summed E-state index contributed by atoms with van der Waals surface area (Å²) in [5, 5.41) is 0. The van der Waals surface area contributed by atoms with Crippen LogP contribution >= 0.6 is 12.2 Å². The van der Waals surface area contributed by atoms with Gasteiger partial charge in [-0.15, -0.1) is 0 Å². The van der Waals surface area contributed by atoms with Gasteiger partial charge in [0.25, 0.3) is 0 Å². The Labute approximate surface area is 110 Å². The van der Waals surface area contributed by atoms with Crippen LogP contribution < -0.4 is 0 Å². The lowest BCUT2D eigenvalue weighted by atomic mass is 10.2. The number of nitrogens with one attached hydrogen (secondary N) is 1. The number of nitrogens with zero attached hydrogens (tertiary/aromatic N) is 3. The molecule has 5 nitrogen and oxygen atoms in total. The van der Waals surface area contributed by atoms with Crippen LogP contribution in [0.25, 0.3) is 11.0 Å². The van der Waals surface area contributed by atoms with Crippen LogP contribution in [0.5, 0.6) is 0 Å². The third-order valence-corrected chi connectivity index (χ3v) is 3.41. The van der Waals surface area contributed by atoms with Crippen LogP contribution in [0.3, 0.4) is 0 Å². The average molecular weight is 264 g/mol. The molecule has 6 heteroatoms. The highest BCUT2D eigenvalue weighted by atomic mass is 32.1. The van der Waals surface area contributed by atoms with Crippen molar-refractivity contribution in [1.82, 2.24) is 19.4 Å². The van der Waals surface area contributed by atoms with E-state index in [-0.39, 0.29) is 11.9 Å². The number of imidazole rings is 1. The minimum absolute atomic E-state index is 0.0475. The zero-order valence-electron chi connectivity index (χ0n) is 10.7. The maximum absolute atomic E-state index is 12.2. The number of hydrogen-bond acceptors (Lipinski definition) is 3. The summed E-state index contributed by atoms with van der Waals surface area (Å²) in [6.07, 6.45) is 3.41. The Morgan fingerprint density at radius 1 is 1.67 bits per heavy atom. The fraction of sp³-hybridized carbons (Fsp3) is 0.417. The molecule has 0 aliphatic carbocycles. The molecule has 2 heterocycles. The molecular weight excluding hydrogens is 248 g/mol. The Bertz CT molecular complexity index is 630. The molecule has 18 heavy (non-hydrogen) atoms. The topological polar surface area (TPSA) is 53.9 Å². The van der Waals surface area contributed by atoms with Gasteiger partial charge in [-0.1, -0.05) is 0 Å². The first-order valence-electron chi connectivity index (χ1n) is 5.85. The molecule has 96 valence electrons. The van der Waals surface area contributed by atoms with Gasteiger partial charge in [-0.3, -0.25) is 9.78 Å². The van der Waals surface area contributed by atoms with Gasteiger partial charge in [-0.2, -0.15) is 0 Å². The summed E-state index contributed by atoms with van der Waals surface area (Å²) < 4.78 is 2.38. The highest BCUT2D eigenvalue weighted by molar-refractivity contribution is 7.71. The van der Waals surface area contributed by atoms with Crippen molar-refractivity contribution in [3.8, 4) is 0 Å². The van der Waals surface area contributed by atoms with Crippen molar-refractivity contribution in [3.05, 3.63) is 23.2 Å². The summed E-state index contributed by atoms with van der Waals surface area (Å²) in [6.45, 7) is 4.49. The van der Waals surface area contributed by atoms with E-state index in [2.05, 4.69) is 9.97 Å². The van der Waals surface area contributed by atoms with E-state index in [1.54, 1.807) is 24.3 Å². The maximum atomic E-state index is 12.2. The molecule has 1 unspecified atom stereocenters. The van der Waals surface area contributed by atoms with E-state index in [9.17, 15) is 4.79 Å². The van der Waals surface area contributed by atoms with E-state index < -0.39 is 0 Å². The standard InChI is InChI=1S/C12H16N4OS/c1-4-15(3)11(17)8(2)16-10-5-6-13-7-9(10)14-12(16)18/h5-8H,4H2,1-3H3,(H,14,18). The lowest BCUT2D eigenvalue weighted by Gasteiger charge is -2.21. The van der Waals surface area contributed by atoms with Gasteiger partial charge in [0, 0.05) is 19.8 Å². The molecule has 2 aromatic rings. The zero-order chi connectivity index (χ0) is 13.3. The SMILES string of the molecule is CCN(C)C(=O)C(C)n1c(=S)[nH]c2cnccc21. The fourth-order valence-corrected chi connectivity index (χ4v) is 2.31. The second kappa shape index (κ2) is 4.89. The molecule has 1 amide bonds. The normalized spacial score (nSPS) is 12.6. The Balaban J connectivity index is 2.51. The van der Waals surface area contributed by atoms with Crippen LogP contribution in [0.15, 0.2) is 18.5 Å². The van der Waals surface area contributed by atoms with Crippen molar-refractivity contribution < 1.29 is 4.79 Å². The van der Waals surface area contributed by atoms with E-state index >= 15 is 0 Å². The third-order valence-electron chi connectivity index (χ3n) is 3.11. The molecule has 0 saturated heterocycles. The number of hydrogen-bond donors (Lipinski definition) is 1. The number of H-pyrrole nitrogens is 1. The average Bonchev–Trinajstić information content (AvgIpc) is 2.71. The van der Waals surface area contributed by atoms with E-state index in [4.69, 9.17) is 12.2 Å².